The van der Waals surface area contributed by atoms with Gasteiger partial charge in [0.15, 0.2) is 0 Å². The molecule has 0 spiro atoms. The van der Waals surface area contributed by atoms with Crippen molar-refractivity contribution in [1.29, 1.82) is 0 Å². The zero-order valence-corrected chi connectivity index (χ0v) is 13.2. The number of amides is 1. The third kappa shape index (κ3) is 5.24. The summed E-state index contributed by atoms with van der Waals surface area (Å²) in [6.45, 7) is 7.92. The minimum Gasteiger partial charge on any atom is -0.331 e. The standard InChI is InChI=1S/C14H17ClN2O3S/c1-4-8-17(9-5-2)14(18)11-6-7-12(15)13(10-11)16-21(3,19)20/h4-7,10,16H,1-2,8-9H2,3H3. The topological polar surface area (TPSA) is 66.5 Å². The summed E-state index contributed by atoms with van der Waals surface area (Å²) in [4.78, 5) is 13.9. The molecule has 0 saturated carbocycles. The van der Waals surface area contributed by atoms with E-state index < -0.39 is 10.0 Å². The van der Waals surface area contributed by atoms with Gasteiger partial charge < -0.3 is 4.90 Å². The molecule has 0 unspecified atom stereocenters. The first-order chi connectivity index (χ1) is 9.78. The number of benzene rings is 1. The number of carbonyl (C=O) groups excluding carboxylic acids is 1. The molecule has 5 nitrogen and oxygen atoms in total. The highest BCUT2D eigenvalue weighted by atomic mass is 35.5. The molecule has 1 aromatic carbocycles. The van der Waals surface area contributed by atoms with Crippen molar-refractivity contribution in [3.05, 3.63) is 54.1 Å². The third-order valence-corrected chi connectivity index (χ3v) is 3.42. The van der Waals surface area contributed by atoms with E-state index in [1.54, 1.807) is 12.2 Å². The second kappa shape index (κ2) is 7.28. The maximum Gasteiger partial charge on any atom is 0.254 e. The first kappa shape index (κ1) is 17.3. The Labute approximate surface area is 130 Å². The van der Waals surface area contributed by atoms with Crippen molar-refractivity contribution >= 4 is 33.2 Å². The van der Waals surface area contributed by atoms with Crippen LogP contribution in [0.25, 0.3) is 0 Å². The van der Waals surface area contributed by atoms with Crippen molar-refractivity contribution in [3.63, 3.8) is 0 Å². The Morgan fingerprint density at radius 1 is 1.33 bits per heavy atom. The lowest BCUT2D eigenvalue weighted by Gasteiger charge is -2.20. The Morgan fingerprint density at radius 2 is 1.90 bits per heavy atom. The quantitative estimate of drug-likeness (QED) is 0.782. The average Bonchev–Trinajstić information content (AvgIpc) is 2.39. The summed E-state index contributed by atoms with van der Waals surface area (Å²) in [5, 5.41) is 0.218. The Bertz CT molecular complexity index is 646. The summed E-state index contributed by atoms with van der Waals surface area (Å²) >= 11 is 5.92. The van der Waals surface area contributed by atoms with E-state index in [-0.39, 0.29) is 16.6 Å². The van der Waals surface area contributed by atoms with Crippen molar-refractivity contribution in [3.8, 4) is 0 Å². The molecule has 0 fully saturated rings. The number of nitrogens with zero attached hydrogens (tertiary/aromatic N) is 1. The summed E-state index contributed by atoms with van der Waals surface area (Å²) < 4.78 is 24.8. The van der Waals surface area contributed by atoms with Gasteiger partial charge in [0.25, 0.3) is 5.91 Å². The van der Waals surface area contributed by atoms with Crippen LogP contribution in [0.1, 0.15) is 10.4 Å². The van der Waals surface area contributed by atoms with Crippen molar-refractivity contribution in [1.82, 2.24) is 4.90 Å². The van der Waals surface area contributed by atoms with Gasteiger partial charge in [0.05, 0.1) is 17.0 Å². The lowest BCUT2D eigenvalue weighted by atomic mass is 10.1. The van der Waals surface area contributed by atoms with Gasteiger partial charge in [-0.05, 0) is 18.2 Å². The van der Waals surface area contributed by atoms with E-state index in [2.05, 4.69) is 17.9 Å². The Hall–Kier alpha value is -1.79. The molecule has 1 amide bonds. The summed E-state index contributed by atoms with van der Waals surface area (Å²) in [7, 11) is -3.47. The van der Waals surface area contributed by atoms with E-state index in [0.717, 1.165) is 6.26 Å². The molecular formula is C14H17ClN2O3S. The molecule has 0 heterocycles. The van der Waals surface area contributed by atoms with E-state index in [1.165, 1.54) is 23.1 Å². The lowest BCUT2D eigenvalue weighted by Crippen LogP contribution is -2.31. The fourth-order valence-electron chi connectivity index (χ4n) is 1.67. The zero-order valence-electron chi connectivity index (χ0n) is 11.7. The molecule has 7 heteroatoms. The van der Waals surface area contributed by atoms with Crippen LogP contribution in [0.2, 0.25) is 5.02 Å². The van der Waals surface area contributed by atoms with Crippen LogP contribution in [-0.2, 0) is 10.0 Å². The molecule has 1 N–H and O–H groups in total. The predicted molar refractivity (Wildman–Crippen MR) is 86.2 cm³/mol. The second-order valence-electron chi connectivity index (χ2n) is 4.36. The van der Waals surface area contributed by atoms with Crippen LogP contribution in [0.3, 0.4) is 0 Å². The maximum atomic E-state index is 12.4. The van der Waals surface area contributed by atoms with Crippen LogP contribution in [0, 0.1) is 0 Å². The average molecular weight is 329 g/mol. The Kier molecular flexibility index (Phi) is 5.99. The molecule has 21 heavy (non-hydrogen) atoms. The number of nitrogens with one attached hydrogen (secondary N) is 1. The Morgan fingerprint density at radius 3 is 2.38 bits per heavy atom. The monoisotopic (exact) mass is 328 g/mol. The fourth-order valence-corrected chi connectivity index (χ4v) is 2.46. The van der Waals surface area contributed by atoms with Gasteiger partial charge in [-0.25, -0.2) is 8.42 Å². The minimum atomic E-state index is -3.47. The first-order valence-electron chi connectivity index (χ1n) is 6.07. The van der Waals surface area contributed by atoms with Gasteiger partial charge in [-0.15, -0.1) is 13.2 Å². The van der Waals surface area contributed by atoms with Crippen molar-refractivity contribution in [2.75, 3.05) is 24.1 Å². The lowest BCUT2D eigenvalue weighted by molar-refractivity contribution is 0.0791. The molecule has 0 saturated heterocycles. The number of anilines is 1. The van der Waals surface area contributed by atoms with E-state index >= 15 is 0 Å². The molecule has 1 rings (SSSR count). The number of halogens is 1. The molecule has 0 aliphatic rings. The van der Waals surface area contributed by atoms with Gasteiger partial charge in [0.1, 0.15) is 0 Å². The normalized spacial score (nSPS) is 10.8. The maximum absolute atomic E-state index is 12.4. The van der Waals surface area contributed by atoms with E-state index in [0.29, 0.717) is 18.7 Å². The van der Waals surface area contributed by atoms with Crippen LogP contribution in [0.15, 0.2) is 43.5 Å². The third-order valence-electron chi connectivity index (χ3n) is 2.49. The van der Waals surface area contributed by atoms with Crippen LogP contribution < -0.4 is 4.72 Å². The van der Waals surface area contributed by atoms with Gasteiger partial charge in [-0.1, -0.05) is 23.8 Å². The van der Waals surface area contributed by atoms with Crippen LogP contribution in [0.4, 0.5) is 5.69 Å². The molecular weight excluding hydrogens is 312 g/mol. The van der Waals surface area contributed by atoms with E-state index in [4.69, 9.17) is 11.6 Å². The summed E-state index contributed by atoms with van der Waals surface area (Å²) in [6.07, 6.45) is 4.22. The molecule has 0 aliphatic heterocycles. The summed E-state index contributed by atoms with van der Waals surface area (Å²) in [5.41, 5.74) is 0.497. The van der Waals surface area contributed by atoms with Gasteiger partial charge >= 0.3 is 0 Å². The predicted octanol–water partition coefficient (Wildman–Crippen LogP) is 2.53. The van der Waals surface area contributed by atoms with Crippen LogP contribution in [-0.4, -0.2) is 38.6 Å². The fraction of sp³-hybridized carbons (Fsp3) is 0.214. The highest BCUT2D eigenvalue weighted by molar-refractivity contribution is 7.92. The number of hydrogen-bond donors (Lipinski definition) is 1. The van der Waals surface area contributed by atoms with Crippen LogP contribution in [0.5, 0.6) is 0 Å². The zero-order chi connectivity index (χ0) is 16.0. The molecule has 0 atom stereocenters. The summed E-state index contributed by atoms with van der Waals surface area (Å²) in [6, 6.07) is 4.42. The SMILES string of the molecule is C=CCN(CC=C)C(=O)c1ccc(Cl)c(NS(C)(=O)=O)c1. The number of rotatable bonds is 7. The minimum absolute atomic E-state index is 0.169. The molecule has 114 valence electrons. The molecule has 1 aromatic rings. The van der Waals surface area contributed by atoms with E-state index in [9.17, 15) is 13.2 Å². The first-order valence-corrected chi connectivity index (χ1v) is 8.34. The molecule has 0 bridgehead atoms. The Balaban J connectivity index is 3.12. The van der Waals surface area contributed by atoms with Gasteiger partial charge in [-0.2, -0.15) is 0 Å². The van der Waals surface area contributed by atoms with Gasteiger partial charge in [0.2, 0.25) is 10.0 Å². The van der Waals surface area contributed by atoms with Crippen LogP contribution >= 0.6 is 11.6 Å². The smallest absolute Gasteiger partial charge is 0.254 e. The van der Waals surface area contributed by atoms with Crippen molar-refractivity contribution < 1.29 is 13.2 Å². The second-order valence-corrected chi connectivity index (χ2v) is 6.51. The number of hydrogen-bond acceptors (Lipinski definition) is 3. The highest BCUT2D eigenvalue weighted by Crippen LogP contribution is 2.24. The van der Waals surface area contributed by atoms with E-state index in [1.807, 2.05) is 0 Å². The van der Waals surface area contributed by atoms with Gasteiger partial charge in [0, 0.05) is 18.7 Å². The van der Waals surface area contributed by atoms with Crippen molar-refractivity contribution in [2.45, 2.75) is 0 Å². The number of sulfonamides is 1. The highest BCUT2D eigenvalue weighted by Gasteiger charge is 2.16. The van der Waals surface area contributed by atoms with Gasteiger partial charge in [-0.3, -0.25) is 9.52 Å². The number of carbonyl (C=O) groups is 1. The van der Waals surface area contributed by atoms with Crippen molar-refractivity contribution in [2.24, 2.45) is 0 Å². The molecule has 0 aromatic heterocycles. The largest absolute Gasteiger partial charge is 0.331 e. The molecule has 0 radical (unpaired) electrons. The summed E-state index contributed by atoms with van der Waals surface area (Å²) in [5.74, 6) is -0.261. The molecule has 0 aliphatic carbocycles.